The average Bonchev–Trinajstić information content (AvgIpc) is 2.78. The molecule has 0 radical (unpaired) electrons. The summed E-state index contributed by atoms with van der Waals surface area (Å²) >= 11 is 0. The van der Waals surface area contributed by atoms with E-state index in [4.69, 9.17) is 19.2 Å². The van der Waals surface area contributed by atoms with Crippen molar-refractivity contribution in [2.75, 3.05) is 53.6 Å². The topological polar surface area (TPSA) is 67.4 Å². The summed E-state index contributed by atoms with van der Waals surface area (Å²) in [5, 5.41) is 7.07. The van der Waals surface area contributed by atoms with Gasteiger partial charge in [-0.15, -0.1) is 0 Å². The first-order valence-electron chi connectivity index (χ1n) is 11.9. The Morgan fingerprint density at radius 2 is 1.84 bits per heavy atom. The van der Waals surface area contributed by atoms with Gasteiger partial charge >= 0.3 is 0 Å². The van der Waals surface area contributed by atoms with E-state index >= 15 is 0 Å². The van der Waals surface area contributed by atoms with E-state index in [0.29, 0.717) is 18.7 Å². The van der Waals surface area contributed by atoms with Gasteiger partial charge in [-0.05, 0) is 51.3 Å². The molecule has 1 heterocycles. The smallest absolute Gasteiger partial charge is 0.191 e. The molecule has 7 nitrogen and oxygen atoms in total. The number of nitrogens with one attached hydrogen (secondary N) is 2. The molecule has 32 heavy (non-hydrogen) atoms. The fraction of sp³-hybridized carbons (Fsp3) is 0.720. The van der Waals surface area contributed by atoms with Gasteiger partial charge in [-0.2, -0.15) is 0 Å². The molecule has 1 aromatic rings. The number of benzene rings is 1. The molecule has 0 unspecified atom stereocenters. The number of methoxy groups -OCH3 is 2. The van der Waals surface area contributed by atoms with Crippen LogP contribution in [0, 0.1) is 0 Å². The van der Waals surface area contributed by atoms with Gasteiger partial charge in [0.25, 0.3) is 0 Å². The Labute approximate surface area is 194 Å². The van der Waals surface area contributed by atoms with Crippen molar-refractivity contribution in [3.8, 4) is 11.5 Å². The summed E-state index contributed by atoms with van der Waals surface area (Å²) in [6, 6.07) is 6.55. The van der Waals surface area contributed by atoms with Crippen molar-refractivity contribution in [1.29, 1.82) is 0 Å². The van der Waals surface area contributed by atoms with Crippen molar-refractivity contribution in [2.24, 2.45) is 4.99 Å². The summed E-state index contributed by atoms with van der Waals surface area (Å²) in [6.45, 7) is 16.2. The molecule has 1 aromatic carbocycles. The van der Waals surface area contributed by atoms with E-state index < -0.39 is 0 Å². The fourth-order valence-corrected chi connectivity index (χ4v) is 3.86. The number of rotatable bonds is 11. The van der Waals surface area contributed by atoms with Crippen LogP contribution in [-0.2, 0) is 10.2 Å². The van der Waals surface area contributed by atoms with Gasteiger partial charge in [0.15, 0.2) is 17.5 Å². The Balaban J connectivity index is 1.93. The highest BCUT2D eigenvalue weighted by molar-refractivity contribution is 5.80. The van der Waals surface area contributed by atoms with E-state index in [0.717, 1.165) is 63.1 Å². The molecule has 7 heteroatoms. The summed E-state index contributed by atoms with van der Waals surface area (Å²) in [4.78, 5) is 7.42. The molecule has 1 aliphatic heterocycles. The Morgan fingerprint density at radius 1 is 1.16 bits per heavy atom. The summed E-state index contributed by atoms with van der Waals surface area (Å²) in [7, 11) is 3.33. The van der Waals surface area contributed by atoms with Crippen molar-refractivity contribution < 1.29 is 14.2 Å². The Bertz CT molecular complexity index is 713. The van der Waals surface area contributed by atoms with Gasteiger partial charge in [0, 0.05) is 37.6 Å². The molecule has 2 N–H and O–H groups in total. The zero-order chi connectivity index (χ0) is 23.6. The maximum absolute atomic E-state index is 5.69. The zero-order valence-electron chi connectivity index (χ0n) is 21.2. The zero-order valence-corrected chi connectivity index (χ0v) is 21.2. The standard InChI is InChI=1S/C25H44N4O3/c1-8-26-24(28-21-11-13-29(14-12-21)15-16-32-19(2)3)27-18-25(4,5)20-9-10-22(30-6)23(17-20)31-7/h9-10,17,19,21H,8,11-16,18H2,1-7H3,(H2,26,27,28). The van der Waals surface area contributed by atoms with Crippen LogP contribution >= 0.6 is 0 Å². The quantitative estimate of drug-likeness (QED) is 0.399. The maximum Gasteiger partial charge on any atom is 0.191 e. The van der Waals surface area contributed by atoms with Crippen molar-refractivity contribution >= 4 is 5.96 Å². The van der Waals surface area contributed by atoms with Crippen molar-refractivity contribution in [1.82, 2.24) is 15.5 Å². The first-order valence-corrected chi connectivity index (χ1v) is 11.9. The minimum absolute atomic E-state index is 0.137. The number of nitrogens with zero attached hydrogens (tertiary/aromatic N) is 2. The van der Waals surface area contributed by atoms with Crippen LogP contribution in [-0.4, -0.2) is 76.6 Å². The van der Waals surface area contributed by atoms with E-state index in [2.05, 4.69) is 56.2 Å². The lowest BCUT2D eigenvalue weighted by Crippen LogP contribution is -2.49. The first-order chi connectivity index (χ1) is 15.3. The fourth-order valence-electron chi connectivity index (χ4n) is 3.86. The number of hydrogen-bond donors (Lipinski definition) is 2. The molecule has 0 aromatic heterocycles. The minimum Gasteiger partial charge on any atom is -0.493 e. The molecule has 0 atom stereocenters. The van der Waals surface area contributed by atoms with E-state index in [9.17, 15) is 0 Å². The molecule has 0 spiro atoms. The Morgan fingerprint density at radius 3 is 2.44 bits per heavy atom. The normalized spacial score (nSPS) is 16.3. The van der Waals surface area contributed by atoms with E-state index in [1.54, 1.807) is 14.2 Å². The Hall–Kier alpha value is -1.99. The largest absolute Gasteiger partial charge is 0.493 e. The monoisotopic (exact) mass is 448 g/mol. The molecule has 0 saturated carbocycles. The van der Waals surface area contributed by atoms with Crippen LogP contribution in [0.15, 0.2) is 23.2 Å². The SMILES string of the molecule is CCNC(=NCC(C)(C)c1ccc(OC)c(OC)c1)NC1CCN(CCOC(C)C)CC1. The van der Waals surface area contributed by atoms with Crippen LogP contribution < -0.4 is 20.1 Å². The number of guanidine groups is 1. The highest BCUT2D eigenvalue weighted by atomic mass is 16.5. The van der Waals surface area contributed by atoms with Crippen LogP contribution in [0.3, 0.4) is 0 Å². The second kappa shape index (κ2) is 12.9. The third-order valence-corrected chi connectivity index (χ3v) is 5.93. The van der Waals surface area contributed by atoms with Crippen molar-refractivity contribution in [3.63, 3.8) is 0 Å². The van der Waals surface area contributed by atoms with Gasteiger partial charge in [0.1, 0.15) is 0 Å². The molecule has 0 aliphatic carbocycles. The second-order valence-electron chi connectivity index (χ2n) is 9.33. The number of likely N-dealkylation sites (tertiary alicyclic amines) is 1. The number of piperidine rings is 1. The molecule has 2 rings (SSSR count). The molecule has 0 bridgehead atoms. The van der Waals surface area contributed by atoms with Gasteiger partial charge in [0.05, 0.1) is 33.5 Å². The van der Waals surface area contributed by atoms with Gasteiger partial charge in [-0.3, -0.25) is 4.99 Å². The Kier molecular flexibility index (Phi) is 10.6. The minimum atomic E-state index is -0.137. The van der Waals surface area contributed by atoms with Crippen molar-refractivity contribution in [3.05, 3.63) is 23.8 Å². The predicted molar refractivity (Wildman–Crippen MR) is 132 cm³/mol. The molecule has 1 saturated heterocycles. The summed E-state index contributed by atoms with van der Waals surface area (Å²) in [6.07, 6.45) is 2.53. The van der Waals surface area contributed by atoms with Gasteiger partial charge < -0.3 is 29.7 Å². The summed E-state index contributed by atoms with van der Waals surface area (Å²) < 4.78 is 16.6. The second-order valence-corrected chi connectivity index (χ2v) is 9.33. The van der Waals surface area contributed by atoms with Crippen LogP contribution in [0.25, 0.3) is 0 Å². The van der Waals surface area contributed by atoms with Crippen LogP contribution in [0.5, 0.6) is 11.5 Å². The third kappa shape index (κ3) is 8.17. The molecule has 1 aliphatic rings. The first kappa shape index (κ1) is 26.3. The maximum atomic E-state index is 5.69. The highest BCUT2D eigenvalue weighted by Crippen LogP contribution is 2.33. The number of ether oxygens (including phenoxy) is 3. The van der Waals surface area contributed by atoms with E-state index in [1.807, 2.05) is 12.1 Å². The van der Waals surface area contributed by atoms with Crippen LogP contribution in [0.2, 0.25) is 0 Å². The van der Waals surface area contributed by atoms with E-state index in [1.165, 1.54) is 5.56 Å². The molecule has 182 valence electrons. The van der Waals surface area contributed by atoms with Crippen LogP contribution in [0.4, 0.5) is 0 Å². The number of hydrogen-bond acceptors (Lipinski definition) is 5. The summed E-state index contributed by atoms with van der Waals surface area (Å²) in [5.74, 6) is 2.38. The van der Waals surface area contributed by atoms with Crippen LogP contribution in [0.1, 0.15) is 53.0 Å². The predicted octanol–water partition coefficient (Wildman–Crippen LogP) is 3.43. The number of aliphatic imine (C=N–C) groups is 1. The molecular weight excluding hydrogens is 404 g/mol. The third-order valence-electron chi connectivity index (χ3n) is 5.93. The molecule has 0 amide bonds. The van der Waals surface area contributed by atoms with Gasteiger partial charge in [0.2, 0.25) is 0 Å². The lowest BCUT2D eigenvalue weighted by atomic mass is 9.84. The summed E-state index contributed by atoms with van der Waals surface area (Å²) in [5.41, 5.74) is 1.04. The average molecular weight is 449 g/mol. The van der Waals surface area contributed by atoms with Gasteiger partial charge in [-0.25, -0.2) is 0 Å². The van der Waals surface area contributed by atoms with Crippen molar-refractivity contribution in [2.45, 2.75) is 65.0 Å². The van der Waals surface area contributed by atoms with E-state index in [-0.39, 0.29) is 5.41 Å². The highest BCUT2D eigenvalue weighted by Gasteiger charge is 2.24. The van der Waals surface area contributed by atoms with Gasteiger partial charge in [-0.1, -0.05) is 19.9 Å². The lowest BCUT2D eigenvalue weighted by Gasteiger charge is -2.33. The molecular formula is C25H44N4O3. The lowest BCUT2D eigenvalue weighted by molar-refractivity contribution is 0.0532. The molecule has 1 fully saturated rings.